The van der Waals surface area contributed by atoms with Crippen molar-refractivity contribution in [3.05, 3.63) is 46.9 Å². The minimum absolute atomic E-state index is 0. The van der Waals surface area contributed by atoms with Gasteiger partial charge in [0.05, 0.1) is 6.54 Å². The Morgan fingerprint density at radius 3 is 2.65 bits per heavy atom. The molecule has 2 fully saturated rings. The number of hydrogen-bond donors (Lipinski definition) is 1. The normalized spacial score (nSPS) is 25.2. The number of piperazine rings is 1. The number of piperidine rings is 1. The van der Waals surface area contributed by atoms with E-state index in [-0.39, 0.29) is 48.2 Å². The number of nitrogens with zero attached hydrogens (tertiary/aromatic N) is 6. The minimum atomic E-state index is -0.385. The molecule has 1 amide bonds. The van der Waals surface area contributed by atoms with Crippen molar-refractivity contribution in [1.29, 1.82) is 0 Å². The van der Waals surface area contributed by atoms with Crippen molar-refractivity contribution >= 4 is 30.7 Å². The molecule has 2 aromatic rings. The maximum absolute atomic E-state index is 13.5. The van der Waals surface area contributed by atoms with Gasteiger partial charge in [-0.1, -0.05) is 6.07 Å². The summed E-state index contributed by atoms with van der Waals surface area (Å²) in [4.78, 5) is 34.5. The molecule has 2 bridgehead atoms. The zero-order chi connectivity index (χ0) is 19.8. The second-order valence-corrected chi connectivity index (χ2v) is 8.28. The molecule has 11 heteroatoms. The monoisotopic (exact) mass is 469 g/mol. The fourth-order valence-electron chi connectivity index (χ4n) is 5.08. The zero-order valence-corrected chi connectivity index (χ0v) is 18.9. The lowest BCUT2D eigenvalue weighted by atomic mass is 9.79. The van der Waals surface area contributed by atoms with Crippen molar-refractivity contribution in [2.24, 2.45) is 5.92 Å². The van der Waals surface area contributed by atoms with Gasteiger partial charge in [-0.3, -0.25) is 23.7 Å². The average Bonchev–Trinajstić information content (AvgIpc) is 3.27. The molecule has 0 spiro atoms. The van der Waals surface area contributed by atoms with Crippen molar-refractivity contribution in [2.45, 2.75) is 24.9 Å². The number of hydrogen-bond acceptors (Lipinski definition) is 6. The Hall–Kier alpha value is -1.94. The van der Waals surface area contributed by atoms with Crippen molar-refractivity contribution in [3.63, 3.8) is 0 Å². The molecule has 5 rings (SSSR count). The van der Waals surface area contributed by atoms with E-state index >= 15 is 0 Å². The quantitative estimate of drug-likeness (QED) is 0.695. The van der Waals surface area contributed by atoms with Gasteiger partial charge in [0.15, 0.2) is 0 Å². The van der Waals surface area contributed by atoms with Crippen LogP contribution in [0.25, 0.3) is 0 Å². The first kappa shape index (κ1) is 23.7. The molecular weight excluding hydrogens is 441 g/mol. The highest BCUT2D eigenvalue weighted by Gasteiger charge is 2.43. The first-order valence-electron chi connectivity index (χ1n) is 10.5. The predicted molar refractivity (Wildman–Crippen MR) is 121 cm³/mol. The third-order valence-electron chi connectivity index (χ3n) is 6.60. The van der Waals surface area contributed by atoms with Gasteiger partial charge in [0, 0.05) is 69.4 Å². The second kappa shape index (κ2) is 10.1. The van der Waals surface area contributed by atoms with Crippen LogP contribution in [0.1, 0.15) is 24.1 Å². The molecule has 1 N–H and O–H groups in total. The van der Waals surface area contributed by atoms with Gasteiger partial charge < -0.3 is 10.2 Å². The predicted octanol–water partition coefficient (Wildman–Crippen LogP) is 0.376. The standard InChI is InChI=1S/C20H27N7O2.2ClH/c28-18-3-1-2-17-15-10-16(12-21-11-15)19(27(17)18)20(29)25-7-4-24(5-8-25)6-9-26-14-22-13-23-26;;/h1-3,13-16,19,21H,4-12H2;2*1H/t15-,16+,19-;;/m1../s1. The van der Waals surface area contributed by atoms with E-state index < -0.39 is 0 Å². The van der Waals surface area contributed by atoms with Gasteiger partial charge >= 0.3 is 0 Å². The Morgan fingerprint density at radius 2 is 1.90 bits per heavy atom. The number of carbonyl (C=O) groups excluding carboxylic acids is 1. The summed E-state index contributed by atoms with van der Waals surface area (Å²) in [6, 6.07) is 5.03. The van der Waals surface area contributed by atoms with Gasteiger partial charge in [0.2, 0.25) is 5.91 Å². The van der Waals surface area contributed by atoms with Crippen LogP contribution in [0.5, 0.6) is 0 Å². The van der Waals surface area contributed by atoms with Gasteiger partial charge in [-0.2, -0.15) is 5.10 Å². The van der Waals surface area contributed by atoms with Gasteiger partial charge in [-0.15, -0.1) is 24.8 Å². The molecule has 170 valence electrons. The van der Waals surface area contributed by atoms with Gasteiger partial charge in [-0.05, 0) is 12.5 Å². The molecule has 0 radical (unpaired) electrons. The summed E-state index contributed by atoms with van der Waals surface area (Å²) in [5.41, 5.74) is 0.953. The summed E-state index contributed by atoms with van der Waals surface area (Å²) in [6.45, 7) is 6.46. The van der Waals surface area contributed by atoms with Crippen LogP contribution in [0.3, 0.4) is 0 Å². The molecule has 0 saturated carbocycles. The largest absolute Gasteiger partial charge is 0.338 e. The molecule has 5 heterocycles. The summed E-state index contributed by atoms with van der Waals surface area (Å²) in [5.74, 6) is 0.599. The summed E-state index contributed by atoms with van der Waals surface area (Å²) < 4.78 is 3.62. The zero-order valence-electron chi connectivity index (χ0n) is 17.3. The number of carbonyl (C=O) groups is 1. The highest BCUT2D eigenvalue weighted by Crippen LogP contribution is 2.39. The van der Waals surface area contributed by atoms with Crippen LogP contribution in [-0.2, 0) is 11.3 Å². The molecule has 0 unspecified atom stereocenters. The number of rotatable bonds is 4. The third kappa shape index (κ3) is 4.64. The molecule has 3 aliphatic heterocycles. The second-order valence-electron chi connectivity index (χ2n) is 8.28. The van der Waals surface area contributed by atoms with E-state index in [1.54, 1.807) is 23.3 Å². The third-order valence-corrected chi connectivity index (χ3v) is 6.60. The molecule has 9 nitrogen and oxygen atoms in total. The molecular formula is C20H29Cl2N7O2. The number of nitrogens with one attached hydrogen (secondary N) is 1. The lowest BCUT2D eigenvalue weighted by molar-refractivity contribution is -0.139. The summed E-state index contributed by atoms with van der Waals surface area (Å²) in [7, 11) is 0. The van der Waals surface area contributed by atoms with Gasteiger partial charge in [0.1, 0.15) is 18.7 Å². The Morgan fingerprint density at radius 1 is 1.10 bits per heavy atom. The molecule has 31 heavy (non-hydrogen) atoms. The van der Waals surface area contributed by atoms with Crippen LogP contribution >= 0.6 is 24.8 Å². The molecule has 0 aliphatic carbocycles. The van der Waals surface area contributed by atoms with E-state index in [9.17, 15) is 9.59 Å². The summed E-state index contributed by atoms with van der Waals surface area (Å²) in [5, 5.41) is 7.60. The lowest BCUT2D eigenvalue weighted by Crippen LogP contribution is -2.56. The van der Waals surface area contributed by atoms with Crippen LogP contribution in [0.4, 0.5) is 0 Å². The van der Waals surface area contributed by atoms with Crippen molar-refractivity contribution < 1.29 is 4.79 Å². The number of fused-ring (bicyclic) bond motifs is 4. The van der Waals surface area contributed by atoms with Crippen LogP contribution in [0, 0.1) is 5.92 Å². The Balaban J connectivity index is 0.00000136. The van der Waals surface area contributed by atoms with Crippen molar-refractivity contribution in [1.82, 2.24) is 34.4 Å². The van der Waals surface area contributed by atoms with Crippen LogP contribution < -0.4 is 10.9 Å². The van der Waals surface area contributed by atoms with Crippen LogP contribution in [0.15, 0.2) is 35.6 Å². The maximum Gasteiger partial charge on any atom is 0.251 e. The topological polar surface area (TPSA) is 88.3 Å². The fraction of sp³-hybridized carbons (Fsp3) is 0.600. The minimum Gasteiger partial charge on any atom is -0.338 e. The fourth-order valence-corrected chi connectivity index (χ4v) is 5.08. The van der Waals surface area contributed by atoms with E-state index in [0.29, 0.717) is 19.0 Å². The molecule has 2 saturated heterocycles. The SMILES string of the molecule is Cl.Cl.O=C([C@H]1[C@@H]2CNC[C@@H](C2)c2cccc(=O)n21)N1CCN(CCn2cncn2)CC1. The number of halogens is 2. The first-order chi connectivity index (χ1) is 14.2. The number of pyridine rings is 1. The Bertz CT molecular complexity index is 928. The summed E-state index contributed by atoms with van der Waals surface area (Å²) in [6.07, 6.45) is 4.25. The average molecular weight is 470 g/mol. The van der Waals surface area contributed by atoms with Crippen LogP contribution in [-0.4, -0.2) is 80.9 Å². The van der Waals surface area contributed by atoms with Gasteiger partial charge in [0.25, 0.3) is 5.56 Å². The lowest BCUT2D eigenvalue weighted by Gasteiger charge is -2.45. The number of aromatic nitrogens is 4. The smallest absolute Gasteiger partial charge is 0.251 e. The van der Waals surface area contributed by atoms with E-state index in [2.05, 4.69) is 20.3 Å². The van der Waals surface area contributed by atoms with Crippen molar-refractivity contribution in [2.75, 3.05) is 45.8 Å². The number of amides is 1. The maximum atomic E-state index is 13.5. The molecule has 3 aliphatic rings. The van der Waals surface area contributed by atoms with E-state index in [4.69, 9.17) is 0 Å². The van der Waals surface area contributed by atoms with E-state index in [1.165, 1.54) is 0 Å². The summed E-state index contributed by atoms with van der Waals surface area (Å²) >= 11 is 0. The Kier molecular flexibility index (Phi) is 7.74. The highest BCUT2D eigenvalue weighted by atomic mass is 35.5. The van der Waals surface area contributed by atoms with Crippen LogP contribution in [0.2, 0.25) is 0 Å². The van der Waals surface area contributed by atoms with Gasteiger partial charge in [-0.25, -0.2) is 4.98 Å². The van der Waals surface area contributed by atoms with Crippen molar-refractivity contribution in [3.8, 4) is 0 Å². The molecule has 0 aromatic carbocycles. The van der Waals surface area contributed by atoms with E-state index in [1.807, 2.05) is 21.7 Å². The first-order valence-corrected chi connectivity index (χ1v) is 10.5. The van der Waals surface area contributed by atoms with E-state index in [0.717, 1.165) is 51.4 Å². The Labute approximate surface area is 193 Å². The molecule has 2 aromatic heterocycles. The highest BCUT2D eigenvalue weighted by molar-refractivity contribution is 5.85. The molecule has 3 atom stereocenters.